The van der Waals surface area contributed by atoms with Gasteiger partial charge in [-0.2, -0.15) is 13.2 Å². The standard InChI is InChI=1S/C20H17F3INO4/c21-20(22,23)14-8-6-13(7-9-14)17(26)15(10-24)18(27)25-16(11-29-19(25)28)12-4-2-1-3-5-12/h1-9,15-17,26H,10-11H2/t15-,16-,17-/m1/s1. The van der Waals surface area contributed by atoms with Gasteiger partial charge in [0.05, 0.1) is 17.6 Å². The predicted octanol–water partition coefficient (Wildman–Crippen LogP) is 4.51. The number of hydrogen-bond donors (Lipinski definition) is 1. The van der Waals surface area contributed by atoms with Crippen LogP contribution in [0.4, 0.5) is 18.0 Å². The van der Waals surface area contributed by atoms with Gasteiger partial charge < -0.3 is 9.84 Å². The number of hydrogen-bond acceptors (Lipinski definition) is 4. The first-order valence-corrected chi connectivity index (χ1v) is 10.2. The largest absolute Gasteiger partial charge is 0.446 e. The minimum Gasteiger partial charge on any atom is -0.446 e. The second kappa shape index (κ2) is 8.70. The Kier molecular flexibility index (Phi) is 6.47. The molecule has 1 N–H and O–H groups in total. The molecule has 1 aliphatic heterocycles. The van der Waals surface area contributed by atoms with E-state index < -0.39 is 41.8 Å². The van der Waals surface area contributed by atoms with Gasteiger partial charge >= 0.3 is 12.3 Å². The maximum absolute atomic E-state index is 13.1. The molecular weight excluding hydrogens is 502 g/mol. The van der Waals surface area contributed by atoms with Crippen LogP contribution in [0.25, 0.3) is 0 Å². The van der Waals surface area contributed by atoms with Gasteiger partial charge in [-0.15, -0.1) is 0 Å². The van der Waals surface area contributed by atoms with Gasteiger partial charge in [0.2, 0.25) is 5.91 Å². The number of benzene rings is 2. The van der Waals surface area contributed by atoms with Crippen molar-refractivity contribution in [2.75, 3.05) is 11.0 Å². The van der Waals surface area contributed by atoms with Crippen LogP contribution in [0.2, 0.25) is 0 Å². The molecule has 1 heterocycles. The minimum atomic E-state index is -4.50. The van der Waals surface area contributed by atoms with Crippen molar-refractivity contribution in [3.05, 3.63) is 71.3 Å². The van der Waals surface area contributed by atoms with Crippen molar-refractivity contribution in [2.24, 2.45) is 5.92 Å². The van der Waals surface area contributed by atoms with E-state index in [0.717, 1.165) is 29.2 Å². The van der Waals surface area contributed by atoms with E-state index in [2.05, 4.69) is 0 Å². The van der Waals surface area contributed by atoms with Crippen LogP contribution in [0.15, 0.2) is 54.6 Å². The Balaban J connectivity index is 1.84. The van der Waals surface area contributed by atoms with E-state index in [1.807, 2.05) is 22.6 Å². The summed E-state index contributed by atoms with van der Waals surface area (Å²) in [4.78, 5) is 26.3. The fourth-order valence-corrected chi connectivity index (χ4v) is 4.01. The molecule has 154 valence electrons. The first-order chi connectivity index (χ1) is 13.7. The molecular formula is C20H17F3INO4. The van der Waals surface area contributed by atoms with Crippen LogP contribution >= 0.6 is 22.6 Å². The molecule has 0 unspecified atom stereocenters. The Bertz CT molecular complexity index is 874. The summed E-state index contributed by atoms with van der Waals surface area (Å²) in [6, 6.07) is 12.2. The zero-order valence-corrected chi connectivity index (χ0v) is 17.1. The van der Waals surface area contributed by atoms with Crippen LogP contribution < -0.4 is 0 Å². The zero-order chi connectivity index (χ0) is 21.2. The van der Waals surface area contributed by atoms with Gasteiger partial charge in [-0.3, -0.25) is 4.79 Å². The third kappa shape index (κ3) is 4.55. The number of halogens is 4. The van der Waals surface area contributed by atoms with Gasteiger partial charge in [0.1, 0.15) is 12.6 Å². The fourth-order valence-electron chi connectivity index (χ4n) is 3.15. The highest BCUT2D eigenvalue weighted by Crippen LogP contribution is 2.35. The number of ether oxygens (including phenoxy) is 1. The van der Waals surface area contributed by atoms with Crippen LogP contribution in [0.5, 0.6) is 0 Å². The Hall–Kier alpha value is -2.14. The van der Waals surface area contributed by atoms with Crippen molar-refractivity contribution in [3.8, 4) is 0 Å². The van der Waals surface area contributed by atoms with E-state index in [1.165, 1.54) is 0 Å². The lowest BCUT2D eigenvalue weighted by Crippen LogP contribution is -2.41. The molecule has 0 aliphatic carbocycles. The van der Waals surface area contributed by atoms with Crippen molar-refractivity contribution in [1.82, 2.24) is 4.90 Å². The third-order valence-corrected chi connectivity index (χ3v) is 5.69. The van der Waals surface area contributed by atoms with E-state index in [9.17, 15) is 27.9 Å². The highest BCUT2D eigenvalue weighted by atomic mass is 127. The normalized spacial score (nSPS) is 19.0. The molecule has 0 radical (unpaired) electrons. The van der Waals surface area contributed by atoms with Crippen LogP contribution in [0.3, 0.4) is 0 Å². The molecule has 29 heavy (non-hydrogen) atoms. The number of imide groups is 1. The number of rotatable bonds is 5. The average molecular weight is 519 g/mol. The quantitative estimate of drug-likeness (QED) is 0.467. The molecule has 9 heteroatoms. The van der Waals surface area contributed by atoms with Gasteiger partial charge in [0.25, 0.3) is 0 Å². The van der Waals surface area contributed by atoms with E-state index >= 15 is 0 Å². The number of nitrogens with zero attached hydrogens (tertiary/aromatic N) is 1. The highest BCUT2D eigenvalue weighted by Gasteiger charge is 2.43. The lowest BCUT2D eigenvalue weighted by molar-refractivity contribution is -0.138. The summed E-state index contributed by atoms with van der Waals surface area (Å²) < 4.78 is 43.4. The van der Waals surface area contributed by atoms with E-state index in [0.29, 0.717) is 5.56 Å². The Morgan fingerprint density at radius 3 is 2.34 bits per heavy atom. The molecule has 1 saturated heterocycles. The second-order valence-electron chi connectivity index (χ2n) is 6.54. The summed E-state index contributed by atoms with van der Waals surface area (Å²) in [5, 5.41) is 10.7. The smallest absolute Gasteiger partial charge is 0.417 e. The maximum atomic E-state index is 13.1. The number of cyclic esters (lactones) is 1. The Morgan fingerprint density at radius 1 is 1.17 bits per heavy atom. The lowest BCUT2D eigenvalue weighted by Gasteiger charge is -2.27. The molecule has 2 aromatic carbocycles. The number of amides is 2. The molecule has 1 aliphatic rings. The lowest BCUT2D eigenvalue weighted by atomic mass is 9.94. The molecule has 3 atom stereocenters. The Labute approximate surface area is 178 Å². The maximum Gasteiger partial charge on any atom is 0.417 e. The average Bonchev–Trinajstić information content (AvgIpc) is 3.10. The highest BCUT2D eigenvalue weighted by molar-refractivity contribution is 14.1. The van der Waals surface area contributed by atoms with Gasteiger partial charge in [-0.25, -0.2) is 9.69 Å². The van der Waals surface area contributed by atoms with Crippen LogP contribution in [-0.2, 0) is 15.7 Å². The molecule has 1 fully saturated rings. The van der Waals surface area contributed by atoms with Gasteiger partial charge in [-0.05, 0) is 23.3 Å². The van der Waals surface area contributed by atoms with Crippen molar-refractivity contribution in [1.29, 1.82) is 0 Å². The topological polar surface area (TPSA) is 66.8 Å². The molecule has 0 saturated carbocycles. The number of alkyl halides is 4. The number of aliphatic hydroxyl groups is 1. The molecule has 2 amide bonds. The van der Waals surface area contributed by atoms with Crippen LogP contribution in [-0.4, -0.2) is 33.0 Å². The predicted molar refractivity (Wildman–Crippen MR) is 106 cm³/mol. The Morgan fingerprint density at radius 2 is 1.79 bits per heavy atom. The molecule has 3 rings (SSSR count). The van der Waals surface area contributed by atoms with E-state index in [-0.39, 0.29) is 16.6 Å². The number of aliphatic hydroxyl groups excluding tert-OH is 1. The van der Waals surface area contributed by atoms with Crippen molar-refractivity contribution in [3.63, 3.8) is 0 Å². The first kappa shape index (κ1) is 21.6. The summed E-state index contributed by atoms with van der Waals surface area (Å²) >= 11 is 1.90. The SMILES string of the molecule is O=C1OC[C@H](c2ccccc2)N1C(=O)[C@H](CI)[C@H](O)c1ccc(C(F)(F)F)cc1. The molecule has 0 aromatic heterocycles. The summed E-state index contributed by atoms with van der Waals surface area (Å²) in [5.74, 6) is -1.66. The first-order valence-electron chi connectivity index (χ1n) is 8.70. The van der Waals surface area contributed by atoms with E-state index in [4.69, 9.17) is 4.74 Å². The number of carbonyl (C=O) groups is 2. The summed E-state index contributed by atoms with van der Waals surface area (Å²) in [6.07, 6.45) is -6.67. The van der Waals surface area contributed by atoms with Crippen LogP contribution in [0.1, 0.15) is 28.8 Å². The molecule has 0 spiro atoms. The monoisotopic (exact) mass is 519 g/mol. The molecule has 0 bridgehead atoms. The molecule has 2 aromatic rings. The van der Waals surface area contributed by atoms with Crippen molar-refractivity contribution < 1.29 is 32.6 Å². The summed E-state index contributed by atoms with van der Waals surface area (Å²) in [6.45, 7) is -0.00106. The van der Waals surface area contributed by atoms with Crippen LogP contribution in [0, 0.1) is 5.92 Å². The van der Waals surface area contributed by atoms with Crippen molar-refractivity contribution in [2.45, 2.75) is 18.3 Å². The van der Waals surface area contributed by atoms with Crippen molar-refractivity contribution >= 4 is 34.6 Å². The summed E-state index contributed by atoms with van der Waals surface area (Å²) in [7, 11) is 0. The van der Waals surface area contributed by atoms with Gasteiger partial charge in [0.15, 0.2) is 0 Å². The number of carbonyl (C=O) groups excluding carboxylic acids is 2. The van der Waals surface area contributed by atoms with Gasteiger partial charge in [-0.1, -0.05) is 65.1 Å². The fraction of sp³-hybridized carbons (Fsp3) is 0.300. The zero-order valence-electron chi connectivity index (χ0n) is 15.0. The summed E-state index contributed by atoms with van der Waals surface area (Å²) in [5.41, 5.74) is 0.0258. The minimum absolute atomic E-state index is 0.00106. The third-order valence-electron chi connectivity index (χ3n) is 4.74. The molecule has 5 nitrogen and oxygen atoms in total. The van der Waals surface area contributed by atoms with Gasteiger partial charge in [0, 0.05) is 4.43 Å². The second-order valence-corrected chi connectivity index (χ2v) is 7.42. The van der Waals surface area contributed by atoms with E-state index in [1.54, 1.807) is 30.3 Å².